The Bertz CT molecular complexity index is 336. The van der Waals surface area contributed by atoms with Gasteiger partial charge >= 0.3 is 0 Å². The SMILES string of the molecule is C[C@]12CCC(=CCCO)C[C@@]1(O)CC[C@@H]2C=O. The maximum atomic E-state index is 11.1. The van der Waals surface area contributed by atoms with E-state index >= 15 is 0 Å². The van der Waals surface area contributed by atoms with Gasteiger partial charge in [-0.15, -0.1) is 0 Å². The molecule has 3 nitrogen and oxygen atoms in total. The third kappa shape index (κ3) is 1.95. The van der Waals surface area contributed by atoms with Gasteiger partial charge in [-0.05, 0) is 38.5 Å². The Balaban J connectivity index is 2.18. The van der Waals surface area contributed by atoms with Crippen LogP contribution in [0.15, 0.2) is 11.6 Å². The second-order valence-electron chi connectivity index (χ2n) is 5.78. The molecule has 2 fully saturated rings. The van der Waals surface area contributed by atoms with Crippen LogP contribution in [0.1, 0.15) is 45.4 Å². The van der Waals surface area contributed by atoms with Gasteiger partial charge in [0.25, 0.3) is 0 Å². The smallest absolute Gasteiger partial charge is 0.123 e. The molecule has 0 saturated heterocycles. The van der Waals surface area contributed by atoms with E-state index in [0.717, 1.165) is 32.0 Å². The Morgan fingerprint density at radius 2 is 2.24 bits per heavy atom. The lowest BCUT2D eigenvalue weighted by molar-refractivity contribution is -0.123. The molecule has 0 aromatic carbocycles. The largest absolute Gasteiger partial charge is 0.396 e. The van der Waals surface area contributed by atoms with Crippen molar-refractivity contribution < 1.29 is 15.0 Å². The normalized spacial score (nSPS) is 43.7. The average Bonchev–Trinajstić information content (AvgIpc) is 2.58. The van der Waals surface area contributed by atoms with Crippen molar-refractivity contribution in [3.63, 3.8) is 0 Å². The van der Waals surface area contributed by atoms with Crippen molar-refractivity contribution in [2.24, 2.45) is 11.3 Å². The van der Waals surface area contributed by atoms with Gasteiger partial charge in [0, 0.05) is 17.9 Å². The molecule has 0 aromatic heterocycles. The zero-order valence-corrected chi connectivity index (χ0v) is 10.5. The van der Waals surface area contributed by atoms with Crippen molar-refractivity contribution in [1.29, 1.82) is 0 Å². The molecule has 0 amide bonds. The summed E-state index contributed by atoms with van der Waals surface area (Å²) in [5.41, 5.74) is 0.286. The number of hydrogen-bond donors (Lipinski definition) is 2. The quantitative estimate of drug-likeness (QED) is 0.582. The highest BCUT2D eigenvalue weighted by Gasteiger charge is 2.57. The van der Waals surface area contributed by atoms with Crippen LogP contribution in [0, 0.1) is 11.3 Å². The molecule has 2 rings (SSSR count). The van der Waals surface area contributed by atoms with Gasteiger partial charge in [0.1, 0.15) is 6.29 Å². The maximum absolute atomic E-state index is 11.1. The molecule has 2 saturated carbocycles. The predicted molar refractivity (Wildman–Crippen MR) is 65.5 cm³/mol. The highest BCUT2D eigenvalue weighted by molar-refractivity contribution is 5.57. The summed E-state index contributed by atoms with van der Waals surface area (Å²) in [4.78, 5) is 11.1. The number of rotatable bonds is 3. The summed E-state index contributed by atoms with van der Waals surface area (Å²) in [5, 5.41) is 19.6. The fourth-order valence-corrected chi connectivity index (χ4v) is 3.60. The van der Waals surface area contributed by atoms with Crippen LogP contribution < -0.4 is 0 Å². The topological polar surface area (TPSA) is 57.5 Å². The van der Waals surface area contributed by atoms with Crippen molar-refractivity contribution in [3.8, 4) is 0 Å². The van der Waals surface area contributed by atoms with Crippen molar-refractivity contribution in [2.75, 3.05) is 6.61 Å². The van der Waals surface area contributed by atoms with E-state index in [0.29, 0.717) is 12.8 Å². The molecule has 96 valence electrons. The molecule has 0 aliphatic heterocycles. The van der Waals surface area contributed by atoms with Crippen LogP contribution in [0.4, 0.5) is 0 Å². The lowest BCUT2D eigenvalue weighted by Gasteiger charge is -2.46. The van der Waals surface area contributed by atoms with Gasteiger partial charge in [0.05, 0.1) is 5.60 Å². The van der Waals surface area contributed by atoms with E-state index in [1.807, 2.05) is 6.08 Å². The molecule has 0 heterocycles. The predicted octanol–water partition coefficient (Wildman–Crippen LogP) is 1.83. The van der Waals surface area contributed by atoms with Gasteiger partial charge in [-0.3, -0.25) is 0 Å². The first kappa shape index (κ1) is 12.8. The zero-order chi connectivity index (χ0) is 12.5. The van der Waals surface area contributed by atoms with Crippen molar-refractivity contribution in [3.05, 3.63) is 11.6 Å². The van der Waals surface area contributed by atoms with Gasteiger partial charge in [-0.2, -0.15) is 0 Å². The minimum Gasteiger partial charge on any atom is -0.396 e. The van der Waals surface area contributed by atoms with Crippen LogP contribution in [0.3, 0.4) is 0 Å². The molecule has 3 heteroatoms. The fourth-order valence-electron chi connectivity index (χ4n) is 3.60. The second-order valence-corrected chi connectivity index (χ2v) is 5.78. The molecule has 2 aliphatic carbocycles. The first-order valence-electron chi connectivity index (χ1n) is 6.52. The molecular weight excluding hydrogens is 216 g/mol. The number of carbonyl (C=O) groups excluding carboxylic acids is 1. The molecule has 0 spiro atoms. The van der Waals surface area contributed by atoms with E-state index < -0.39 is 5.60 Å². The molecule has 3 atom stereocenters. The van der Waals surface area contributed by atoms with Gasteiger partial charge in [-0.1, -0.05) is 18.6 Å². The Morgan fingerprint density at radius 1 is 1.47 bits per heavy atom. The third-order valence-corrected chi connectivity index (χ3v) is 4.96. The van der Waals surface area contributed by atoms with Gasteiger partial charge in [0.2, 0.25) is 0 Å². The van der Waals surface area contributed by atoms with Crippen LogP contribution in [0.5, 0.6) is 0 Å². The van der Waals surface area contributed by atoms with E-state index in [1.54, 1.807) is 0 Å². The molecule has 0 radical (unpaired) electrons. The van der Waals surface area contributed by atoms with Gasteiger partial charge < -0.3 is 15.0 Å². The van der Waals surface area contributed by atoms with E-state index in [4.69, 9.17) is 5.11 Å². The molecule has 0 unspecified atom stereocenters. The van der Waals surface area contributed by atoms with Crippen molar-refractivity contribution in [2.45, 2.75) is 51.0 Å². The second kappa shape index (κ2) is 4.54. The van der Waals surface area contributed by atoms with Crippen LogP contribution in [0.2, 0.25) is 0 Å². The number of aliphatic hydroxyl groups excluding tert-OH is 1. The highest BCUT2D eigenvalue weighted by Crippen LogP contribution is 2.58. The molecule has 2 aliphatic rings. The fraction of sp³-hybridized carbons (Fsp3) is 0.786. The Kier molecular flexibility index (Phi) is 3.41. The Hall–Kier alpha value is -0.670. The Morgan fingerprint density at radius 3 is 2.88 bits per heavy atom. The average molecular weight is 238 g/mol. The van der Waals surface area contributed by atoms with Gasteiger partial charge in [0.15, 0.2) is 0 Å². The maximum Gasteiger partial charge on any atom is 0.123 e. The third-order valence-electron chi connectivity index (χ3n) is 4.96. The van der Waals surface area contributed by atoms with E-state index in [9.17, 15) is 9.90 Å². The minimum absolute atomic E-state index is 0.00638. The standard InChI is InChI=1S/C14H22O3/c1-13-6-4-11(3-2-8-15)9-14(13,17)7-5-12(13)10-16/h3,10,12,15,17H,2,4-9H2,1H3/t12-,13-,14+/m1/s1. The number of fused-ring (bicyclic) bond motifs is 1. The minimum atomic E-state index is -0.710. The van der Waals surface area contributed by atoms with Crippen molar-refractivity contribution >= 4 is 6.29 Å². The molecular formula is C14H22O3. The molecule has 2 N–H and O–H groups in total. The van der Waals surface area contributed by atoms with Gasteiger partial charge in [-0.25, -0.2) is 0 Å². The summed E-state index contributed by atoms with van der Waals surface area (Å²) in [6, 6.07) is 0. The summed E-state index contributed by atoms with van der Waals surface area (Å²) in [7, 11) is 0. The van der Waals surface area contributed by atoms with E-state index in [-0.39, 0.29) is 17.9 Å². The molecule has 0 aromatic rings. The summed E-state index contributed by atoms with van der Waals surface area (Å²) < 4.78 is 0. The molecule has 17 heavy (non-hydrogen) atoms. The lowest BCUT2D eigenvalue weighted by atomic mass is 9.62. The van der Waals surface area contributed by atoms with E-state index in [1.165, 1.54) is 5.57 Å². The number of hydrogen-bond acceptors (Lipinski definition) is 3. The van der Waals surface area contributed by atoms with Crippen LogP contribution in [-0.2, 0) is 4.79 Å². The summed E-state index contributed by atoms with van der Waals surface area (Å²) in [6.45, 7) is 2.22. The molecule has 0 bridgehead atoms. The number of carbonyl (C=O) groups is 1. The summed E-state index contributed by atoms with van der Waals surface area (Å²) in [6.07, 6.45) is 7.78. The monoisotopic (exact) mass is 238 g/mol. The van der Waals surface area contributed by atoms with Crippen LogP contribution >= 0.6 is 0 Å². The zero-order valence-electron chi connectivity index (χ0n) is 10.5. The first-order chi connectivity index (χ1) is 8.05. The first-order valence-corrected chi connectivity index (χ1v) is 6.52. The number of aliphatic hydroxyl groups is 2. The summed E-state index contributed by atoms with van der Waals surface area (Å²) in [5.74, 6) is 0.00638. The summed E-state index contributed by atoms with van der Waals surface area (Å²) >= 11 is 0. The van der Waals surface area contributed by atoms with Crippen LogP contribution in [-0.4, -0.2) is 28.7 Å². The number of aldehydes is 1. The van der Waals surface area contributed by atoms with Crippen molar-refractivity contribution in [1.82, 2.24) is 0 Å². The Labute approximate surface area is 103 Å². The van der Waals surface area contributed by atoms with Crippen LogP contribution in [0.25, 0.3) is 0 Å². The van der Waals surface area contributed by atoms with E-state index in [2.05, 4.69) is 6.92 Å². The highest BCUT2D eigenvalue weighted by atomic mass is 16.3. The lowest BCUT2D eigenvalue weighted by Crippen LogP contribution is -2.48.